The molecule has 0 aromatic carbocycles. The highest BCUT2D eigenvalue weighted by molar-refractivity contribution is 6.05. The number of pyridine rings is 6. The number of nitrogens with one attached hydrogen (secondary N) is 2. The zero-order chi connectivity index (χ0) is 42.2. The van der Waals surface area contributed by atoms with Gasteiger partial charge in [-0.3, -0.25) is 14.9 Å². The standard InChI is InChI=1S/C23H22N6O3.C15H16N4.C7H8N2O2/c1-14-10-15(4-6-24-14)18-2-3-19-21(27-18)29(17-5-7-28(19)13-17)23(30)26-16-11-20-22(25-12-16)32-9-8-31-20;1-10-8-11(4-6-16-10)13-2-3-14-15(18-13)17-12-5-7-19(14)9-12;8-5-3-6-7(9-4-5)11-2-1-10-6/h2-4,6,10-12,17H,5,7-9,13H2,1H3,(H,26,30);2-4,6,8,12H,5,7,9H2,1H3,(H,17,18);3-4H,1-2,8H2/t17-;12-;/m00./s1. The molecule has 0 spiro atoms. The van der Waals surface area contributed by atoms with Crippen LogP contribution in [0.1, 0.15) is 24.2 Å². The van der Waals surface area contributed by atoms with E-state index in [1.54, 1.807) is 35.6 Å². The van der Waals surface area contributed by atoms with E-state index in [0.717, 1.165) is 78.0 Å². The van der Waals surface area contributed by atoms with E-state index in [4.69, 9.17) is 34.6 Å². The predicted octanol–water partition coefficient (Wildman–Crippen LogP) is 6.14. The lowest BCUT2D eigenvalue weighted by atomic mass is 10.1. The number of aromatic nitrogens is 6. The number of fused-ring (bicyclic) bond motifs is 10. The molecule has 316 valence electrons. The number of rotatable bonds is 3. The van der Waals surface area contributed by atoms with Crippen molar-refractivity contribution < 1.29 is 23.7 Å². The molecule has 0 saturated carbocycles. The molecule has 12 heterocycles. The molecule has 2 saturated heterocycles. The third-order valence-electron chi connectivity index (χ3n) is 11.4. The van der Waals surface area contributed by atoms with E-state index in [0.29, 0.717) is 72.9 Å². The highest BCUT2D eigenvalue weighted by Gasteiger charge is 2.40. The third-order valence-corrected chi connectivity index (χ3v) is 11.4. The maximum Gasteiger partial charge on any atom is 0.327 e. The Labute approximate surface area is 358 Å². The largest absolute Gasteiger partial charge is 0.484 e. The molecule has 4 bridgehead atoms. The van der Waals surface area contributed by atoms with Crippen molar-refractivity contribution in [1.82, 2.24) is 29.9 Å². The van der Waals surface area contributed by atoms with Crippen molar-refractivity contribution in [3.05, 3.63) is 96.8 Å². The van der Waals surface area contributed by atoms with E-state index in [1.807, 2.05) is 44.3 Å². The van der Waals surface area contributed by atoms with Crippen LogP contribution >= 0.6 is 0 Å². The Balaban J connectivity index is 0.000000128. The Morgan fingerprint density at radius 1 is 0.710 bits per heavy atom. The molecule has 0 unspecified atom stereocenters. The molecule has 6 aliphatic heterocycles. The summed E-state index contributed by atoms with van der Waals surface area (Å²) in [6, 6.07) is 20.2. The molecule has 6 aliphatic rings. The van der Waals surface area contributed by atoms with Crippen LogP contribution in [-0.4, -0.2) is 101 Å². The van der Waals surface area contributed by atoms with Gasteiger partial charge in [0.2, 0.25) is 0 Å². The lowest BCUT2D eigenvalue weighted by Crippen LogP contribution is -2.48. The van der Waals surface area contributed by atoms with Gasteiger partial charge in [-0.15, -0.1) is 0 Å². The second-order valence-electron chi connectivity index (χ2n) is 15.7. The lowest BCUT2D eigenvalue weighted by molar-refractivity contribution is 0.164. The molecule has 2 atom stereocenters. The number of anilines is 6. The van der Waals surface area contributed by atoms with Crippen LogP contribution in [0.3, 0.4) is 0 Å². The summed E-state index contributed by atoms with van der Waals surface area (Å²) in [7, 11) is 0. The van der Waals surface area contributed by atoms with E-state index in [1.165, 1.54) is 12.1 Å². The third kappa shape index (κ3) is 7.96. The summed E-state index contributed by atoms with van der Waals surface area (Å²) in [5.41, 5.74) is 14.7. The zero-order valence-corrected chi connectivity index (χ0v) is 34.5. The fraction of sp³-hybridized carbons (Fsp3) is 0.311. The minimum absolute atomic E-state index is 0.0644. The Hall–Kier alpha value is -7.43. The number of aryl methyl sites for hydroxylation is 2. The van der Waals surface area contributed by atoms with Gasteiger partial charge in [0, 0.05) is 79.3 Å². The van der Waals surface area contributed by atoms with Gasteiger partial charge in [-0.2, -0.15) is 0 Å². The van der Waals surface area contributed by atoms with Crippen molar-refractivity contribution in [2.24, 2.45) is 0 Å². The van der Waals surface area contributed by atoms with Crippen molar-refractivity contribution in [3.8, 4) is 45.8 Å². The first-order chi connectivity index (χ1) is 30.3. The summed E-state index contributed by atoms with van der Waals surface area (Å²) in [5.74, 6) is 3.85. The number of hydrogen-bond acceptors (Lipinski definition) is 15. The van der Waals surface area contributed by atoms with Crippen LogP contribution < -0.4 is 50.0 Å². The van der Waals surface area contributed by atoms with Crippen LogP contribution in [0.2, 0.25) is 0 Å². The minimum Gasteiger partial charge on any atom is -0.484 e. The van der Waals surface area contributed by atoms with Crippen molar-refractivity contribution >= 4 is 40.4 Å². The van der Waals surface area contributed by atoms with Crippen LogP contribution in [0.4, 0.5) is 39.2 Å². The molecule has 6 aromatic rings. The van der Waals surface area contributed by atoms with Gasteiger partial charge in [0.25, 0.3) is 11.8 Å². The van der Waals surface area contributed by atoms with E-state index in [9.17, 15) is 4.79 Å². The van der Waals surface area contributed by atoms with Crippen molar-refractivity contribution in [2.45, 2.75) is 38.8 Å². The molecule has 4 N–H and O–H groups in total. The highest BCUT2D eigenvalue weighted by Crippen LogP contribution is 2.41. The van der Waals surface area contributed by atoms with Crippen LogP contribution in [-0.2, 0) is 0 Å². The number of hydrogen-bond donors (Lipinski definition) is 3. The van der Waals surface area contributed by atoms with Crippen LogP contribution in [0.5, 0.6) is 23.3 Å². The topological polar surface area (TPSA) is 191 Å². The van der Waals surface area contributed by atoms with Gasteiger partial charge < -0.3 is 45.1 Å². The van der Waals surface area contributed by atoms with Gasteiger partial charge in [0.1, 0.15) is 26.4 Å². The molecule has 2 fully saturated rings. The number of ether oxygens (including phenoxy) is 4. The van der Waals surface area contributed by atoms with Gasteiger partial charge in [-0.25, -0.2) is 24.7 Å². The maximum atomic E-state index is 13.4. The molecular weight excluding hydrogens is 789 g/mol. The van der Waals surface area contributed by atoms with E-state index in [-0.39, 0.29) is 12.1 Å². The van der Waals surface area contributed by atoms with Crippen molar-refractivity contribution in [2.75, 3.05) is 83.7 Å². The molecule has 62 heavy (non-hydrogen) atoms. The SMILES string of the molecule is Cc1cc(-c2ccc3c(n2)N(C(=O)Nc2cnc4c(c2)OCCO4)[C@H]2CCN3C2)ccn1.Cc1cc(-c2ccc3c(n2)N[C@H]2CCN3C2)ccn1.Nc1cnc2c(c1)OCCO2. The Morgan fingerprint density at radius 2 is 1.34 bits per heavy atom. The van der Waals surface area contributed by atoms with E-state index >= 15 is 0 Å². The number of nitrogens with zero attached hydrogens (tertiary/aromatic N) is 9. The number of carbonyl (C=O) groups is 1. The second-order valence-corrected chi connectivity index (χ2v) is 15.7. The molecule has 12 rings (SSSR count). The quantitative estimate of drug-likeness (QED) is 0.184. The smallest absolute Gasteiger partial charge is 0.327 e. The van der Waals surface area contributed by atoms with Crippen molar-refractivity contribution in [3.63, 3.8) is 0 Å². The van der Waals surface area contributed by atoms with E-state index < -0.39 is 0 Å². The van der Waals surface area contributed by atoms with Crippen molar-refractivity contribution in [1.29, 1.82) is 0 Å². The molecule has 0 aliphatic carbocycles. The van der Waals surface area contributed by atoms with Crippen LogP contribution in [0, 0.1) is 13.8 Å². The first kappa shape index (κ1) is 38.8. The predicted molar refractivity (Wildman–Crippen MR) is 236 cm³/mol. The number of nitrogen functional groups attached to an aromatic ring is 1. The van der Waals surface area contributed by atoms with Gasteiger partial charge in [0.15, 0.2) is 23.1 Å². The van der Waals surface area contributed by atoms with Gasteiger partial charge >= 0.3 is 6.03 Å². The fourth-order valence-corrected chi connectivity index (χ4v) is 8.44. The summed E-state index contributed by atoms with van der Waals surface area (Å²) >= 11 is 0. The van der Waals surface area contributed by atoms with Crippen LogP contribution in [0.15, 0.2) is 85.5 Å². The van der Waals surface area contributed by atoms with Crippen LogP contribution in [0.25, 0.3) is 22.5 Å². The summed E-state index contributed by atoms with van der Waals surface area (Å²) in [6.07, 6.45) is 8.85. The first-order valence-corrected chi connectivity index (χ1v) is 20.8. The van der Waals surface area contributed by atoms with E-state index in [2.05, 4.69) is 64.6 Å². The Kier molecular flexibility index (Phi) is 10.3. The number of amides is 2. The number of carbonyl (C=O) groups excluding carboxylic acids is 1. The summed E-state index contributed by atoms with van der Waals surface area (Å²) in [5, 5.41) is 6.52. The first-order valence-electron chi connectivity index (χ1n) is 20.8. The summed E-state index contributed by atoms with van der Waals surface area (Å²) in [6.45, 7) is 9.98. The van der Waals surface area contributed by atoms with Gasteiger partial charge in [0.05, 0.1) is 52.6 Å². The monoisotopic (exact) mass is 834 g/mol. The molecule has 17 heteroatoms. The highest BCUT2D eigenvalue weighted by atomic mass is 16.6. The number of urea groups is 1. The second kappa shape index (κ2) is 16.6. The normalized spacial score (nSPS) is 18.2. The molecule has 2 amide bonds. The average molecular weight is 835 g/mol. The van der Waals surface area contributed by atoms with Gasteiger partial charge in [-0.1, -0.05) is 0 Å². The average Bonchev–Trinajstić information content (AvgIpc) is 3.90. The minimum atomic E-state index is -0.230. The Bertz CT molecular complexity index is 2650. The number of nitrogens with two attached hydrogens (primary N) is 1. The maximum absolute atomic E-state index is 13.4. The fourth-order valence-electron chi connectivity index (χ4n) is 8.44. The summed E-state index contributed by atoms with van der Waals surface area (Å²) in [4.78, 5) is 46.4. The molecule has 0 radical (unpaired) electrons. The summed E-state index contributed by atoms with van der Waals surface area (Å²) < 4.78 is 21.5. The molecule has 17 nitrogen and oxygen atoms in total. The van der Waals surface area contributed by atoms with Gasteiger partial charge in [-0.05, 0) is 75.2 Å². The Morgan fingerprint density at radius 3 is 2.06 bits per heavy atom. The zero-order valence-electron chi connectivity index (χ0n) is 34.5. The molecular formula is C45H46N12O5. The lowest BCUT2D eigenvalue weighted by Gasteiger charge is -2.36. The molecule has 6 aromatic heterocycles.